The standard InChI is InChI=1S/C18H11N3O3S/c22-15-13(11-8-4-5-9-12(11)19-15)14-16(23)20-18(25)21(14)17(24)10-6-2-1-3-7-10/h1-9,23H,(H,20,25). The Balaban J connectivity index is 2.04. The first-order valence-electron chi connectivity index (χ1n) is 7.44. The van der Waals surface area contributed by atoms with Gasteiger partial charge in [-0.15, -0.1) is 0 Å². The van der Waals surface area contributed by atoms with Crippen LogP contribution >= 0.6 is 12.2 Å². The van der Waals surface area contributed by atoms with Crippen LogP contribution in [0, 0.1) is 4.77 Å². The molecule has 4 rings (SSSR count). The third kappa shape index (κ3) is 2.33. The molecule has 0 atom stereocenters. The number of aromatic nitrogens is 2. The topological polar surface area (TPSA) is 87.4 Å². The van der Waals surface area contributed by atoms with Crippen molar-refractivity contribution in [2.75, 3.05) is 0 Å². The van der Waals surface area contributed by atoms with Gasteiger partial charge in [0.2, 0.25) is 5.88 Å². The van der Waals surface area contributed by atoms with Crippen molar-refractivity contribution in [3.8, 4) is 5.88 Å². The average molecular weight is 349 g/mol. The average Bonchev–Trinajstić information content (AvgIpc) is 3.09. The van der Waals surface area contributed by atoms with E-state index in [0.717, 1.165) is 4.57 Å². The normalized spacial score (nSPS) is 12.8. The highest BCUT2D eigenvalue weighted by atomic mass is 32.1. The molecule has 0 saturated heterocycles. The Labute approximate surface area is 146 Å². The lowest BCUT2D eigenvalue weighted by Crippen LogP contribution is -2.24. The molecule has 0 unspecified atom stereocenters. The van der Waals surface area contributed by atoms with Gasteiger partial charge in [-0.2, -0.15) is 0 Å². The summed E-state index contributed by atoms with van der Waals surface area (Å²) in [5, 5.41) is 11.3. The van der Waals surface area contributed by atoms with Gasteiger partial charge in [-0.3, -0.25) is 9.59 Å². The van der Waals surface area contributed by atoms with Crippen molar-refractivity contribution in [2.45, 2.75) is 0 Å². The Morgan fingerprint density at radius 2 is 1.76 bits per heavy atom. The first kappa shape index (κ1) is 15.2. The molecule has 3 aromatic rings. The molecule has 2 N–H and O–H groups in total. The number of hydrogen-bond donors (Lipinski definition) is 2. The maximum atomic E-state index is 12.9. The number of nitrogens with zero attached hydrogens (tertiary/aromatic N) is 2. The molecule has 1 aromatic heterocycles. The fourth-order valence-corrected chi connectivity index (χ4v) is 3.12. The molecule has 2 aromatic carbocycles. The number of carbonyl (C=O) groups is 2. The molecule has 1 amide bonds. The summed E-state index contributed by atoms with van der Waals surface area (Å²) in [4.78, 5) is 31.8. The van der Waals surface area contributed by atoms with Crippen molar-refractivity contribution >= 4 is 29.6 Å². The van der Waals surface area contributed by atoms with Gasteiger partial charge < -0.3 is 10.1 Å². The van der Waals surface area contributed by atoms with E-state index >= 15 is 0 Å². The summed E-state index contributed by atoms with van der Waals surface area (Å²) in [6.07, 6.45) is 0. The molecule has 122 valence electrons. The van der Waals surface area contributed by atoms with Gasteiger partial charge in [-0.1, -0.05) is 36.4 Å². The van der Waals surface area contributed by atoms with Crippen LogP contribution in [0.2, 0.25) is 0 Å². The molecule has 0 aliphatic carbocycles. The van der Waals surface area contributed by atoms with Crippen molar-refractivity contribution in [3.63, 3.8) is 0 Å². The molecule has 7 heteroatoms. The zero-order valence-electron chi connectivity index (χ0n) is 12.8. The maximum Gasteiger partial charge on any atom is 0.280 e. The third-order valence-corrected chi connectivity index (χ3v) is 4.23. The van der Waals surface area contributed by atoms with Crippen LogP contribution in [0.1, 0.15) is 16.1 Å². The minimum absolute atomic E-state index is 0.00559. The van der Waals surface area contributed by atoms with Gasteiger partial charge in [0.1, 0.15) is 5.69 Å². The minimum Gasteiger partial charge on any atom is -0.493 e. The SMILES string of the molecule is O=C1N=c2ccccc2=C1c1c(O)[nH]c(=S)n1C(=O)c1ccccc1. The summed E-state index contributed by atoms with van der Waals surface area (Å²) in [5.74, 6) is -1.31. The Kier molecular flexibility index (Phi) is 3.43. The number of nitrogens with one attached hydrogen (secondary N) is 1. The van der Waals surface area contributed by atoms with Crippen LogP contribution < -0.4 is 10.6 Å². The second-order valence-electron chi connectivity index (χ2n) is 5.44. The van der Waals surface area contributed by atoms with Gasteiger partial charge in [0.25, 0.3) is 11.8 Å². The van der Waals surface area contributed by atoms with Gasteiger partial charge in [0.05, 0.1) is 10.9 Å². The molecule has 6 nitrogen and oxygen atoms in total. The number of rotatable bonds is 2. The zero-order chi connectivity index (χ0) is 17.6. The van der Waals surface area contributed by atoms with E-state index in [1.807, 2.05) is 0 Å². The molecule has 0 fully saturated rings. The summed E-state index contributed by atoms with van der Waals surface area (Å²) in [5.41, 5.74) is 0.553. The number of para-hydroxylation sites is 1. The second-order valence-corrected chi connectivity index (χ2v) is 5.83. The maximum absolute atomic E-state index is 12.9. The third-order valence-electron chi connectivity index (χ3n) is 3.95. The largest absolute Gasteiger partial charge is 0.493 e. The van der Waals surface area contributed by atoms with Crippen LogP contribution in [0.3, 0.4) is 0 Å². The van der Waals surface area contributed by atoms with Crippen LogP contribution in [0.25, 0.3) is 5.57 Å². The van der Waals surface area contributed by atoms with Crippen LogP contribution in [0.5, 0.6) is 5.88 Å². The predicted molar refractivity (Wildman–Crippen MR) is 92.2 cm³/mol. The molecule has 0 radical (unpaired) electrons. The van der Waals surface area contributed by atoms with Crippen LogP contribution in [0.15, 0.2) is 59.6 Å². The molecular formula is C18H11N3O3S. The first-order chi connectivity index (χ1) is 12.1. The Morgan fingerprint density at radius 3 is 2.52 bits per heavy atom. The molecular weight excluding hydrogens is 338 g/mol. The zero-order valence-corrected chi connectivity index (χ0v) is 13.6. The molecule has 2 heterocycles. The summed E-state index contributed by atoms with van der Waals surface area (Å²) in [6, 6.07) is 15.4. The van der Waals surface area contributed by atoms with E-state index in [-0.39, 0.29) is 21.9 Å². The quantitative estimate of drug-likeness (QED) is 0.683. The molecule has 0 bridgehead atoms. The van der Waals surface area contributed by atoms with Crippen molar-refractivity contribution < 1.29 is 14.7 Å². The van der Waals surface area contributed by atoms with Gasteiger partial charge in [-0.25, -0.2) is 9.56 Å². The molecule has 0 saturated carbocycles. The number of amides is 1. The summed E-state index contributed by atoms with van der Waals surface area (Å²) in [6.45, 7) is 0. The minimum atomic E-state index is -0.528. The number of fused-ring (bicyclic) bond motifs is 1. The smallest absolute Gasteiger partial charge is 0.280 e. The van der Waals surface area contributed by atoms with Crippen molar-refractivity contribution in [1.82, 2.24) is 9.55 Å². The lowest BCUT2D eigenvalue weighted by Gasteiger charge is -2.07. The van der Waals surface area contributed by atoms with Crippen LogP contribution in [-0.2, 0) is 4.79 Å². The highest BCUT2D eigenvalue weighted by Crippen LogP contribution is 2.26. The first-order valence-corrected chi connectivity index (χ1v) is 7.85. The monoisotopic (exact) mass is 349 g/mol. The lowest BCUT2D eigenvalue weighted by molar-refractivity contribution is -0.112. The van der Waals surface area contributed by atoms with Crippen LogP contribution in [0.4, 0.5) is 0 Å². The van der Waals surface area contributed by atoms with E-state index < -0.39 is 11.8 Å². The molecule has 0 spiro atoms. The summed E-state index contributed by atoms with van der Waals surface area (Å²) >= 11 is 5.18. The number of hydrogen-bond acceptors (Lipinski definition) is 4. The second kappa shape index (κ2) is 5.64. The molecule has 1 aliphatic rings. The number of imidazole rings is 1. The fraction of sp³-hybridized carbons (Fsp3) is 0. The Hall–Kier alpha value is -3.32. The van der Waals surface area contributed by atoms with Gasteiger partial charge in [0.15, 0.2) is 4.77 Å². The van der Waals surface area contributed by atoms with E-state index in [9.17, 15) is 14.7 Å². The van der Waals surface area contributed by atoms with Crippen molar-refractivity contribution in [3.05, 3.63) is 81.2 Å². The highest BCUT2D eigenvalue weighted by Gasteiger charge is 2.28. The van der Waals surface area contributed by atoms with Gasteiger partial charge in [0, 0.05) is 10.8 Å². The van der Waals surface area contributed by atoms with E-state index in [4.69, 9.17) is 12.2 Å². The van der Waals surface area contributed by atoms with Gasteiger partial charge >= 0.3 is 0 Å². The number of benzene rings is 2. The molecule has 25 heavy (non-hydrogen) atoms. The lowest BCUT2D eigenvalue weighted by atomic mass is 10.1. The summed E-state index contributed by atoms with van der Waals surface area (Å²) in [7, 11) is 0. The highest BCUT2D eigenvalue weighted by molar-refractivity contribution is 7.71. The van der Waals surface area contributed by atoms with Gasteiger partial charge in [-0.05, 0) is 30.4 Å². The van der Waals surface area contributed by atoms with Crippen LogP contribution in [-0.4, -0.2) is 26.5 Å². The van der Waals surface area contributed by atoms with E-state index in [1.54, 1.807) is 54.6 Å². The Bertz CT molecular complexity index is 1210. The predicted octanol–water partition coefficient (Wildman–Crippen LogP) is 1.30. The number of aromatic amines is 1. The van der Waals surface area contributed by atoms with E-state index in [0.29, 0.717) is 16.1 Å². The van der Waals surface area contributed by atoms with E-state index in [1.165, 1.54) is 0 Å². The van der Waals surface area contributed by atoms with E-state index in [2.05, 4.69) is 9.98 Å². The van der Waals surface area contributed by atoms with Crippen molar-refractivity contribution in [1.29, 1.82) is 0 Å². The number of H-pyrrole nitrogens is 1. The Morgan fingerprint density at radius 1 is 1.08 bits per heavy atom. The fourth-order valence-electron chi connectivity index (χ4n) is 2.85. The number of carbonyl (C=O) groups excluding carboxylic acids is 2. The summed E-state index contributed by atoms with van der Waals surface area (Å²) < 4.78 is 1.14. The molecule has 1 aliphatic heterocycles. The number of aromatic hydroxyl groups is 1. The van der Waals surface area contributed by atoms with Crippen molar-refractivity contribution in [2.24, 2.45) is 4.99 Å².